The third-order valence-corrected chi connectivity index (χ3v) is 14.9. The minimum absolute atomic E-state index is 0.0143. The maximum Gasteiger partial charge on any atom is 0.331 e. The molecule has 6 nitrogen and oxygen atoms in total. The summed E-state index contributed by atoms with van der Waals surface area (Å²) in [5.74, 6) is 0.617. The highest BCUT2D eigenvalue weighted by molar-refractivity contribution is 5.87. The van der Waals surface area contributed by atoms with Gasteiger partial charge in [0.05, 0.1) is 11.5 Å². The number of allylic oxidation sites excluding steroid dienone is 2. The van der Waals surface area contributed by atoms with Crippen LogP contribution in [0, 0.1) is 56.7 Å². The van der Waals surface area contributed by atoms with Crippen molar-refractivity contribution in [3.05, 3.63) is 47.6 Å². The molecule has 5 aliphatic rings. The molecule has 11 unspecified atom stereocenters. The van der Waals surface area contributed by atoms with Gasteiger partial charge >= 0.3 is 11.9 Å². The quantitative estimate of drug-likeness (QED) is 0.179. The number of hydrogen-bond donors (Lipinski definition) is 3. The number of carboxylic acids is 1. The fourth-order valence-electron chi connectivity index (χ4n) is 12.1. The number of fused-ring (bicyclic) bond motifs is 7. The molecule has 1 aromatic rings. The Labute approximate surface area is 269 Å². The van der Waals surface area contributed by atoms with Crippen molar-refractivity contribution in [2.45, 2.75) is 112 Å². The van der Waals surface area contributed by atoms with Gasteiger partial charge in [-0.1, -0.05) is 72.2 Å². The van der Waals surface area contributed by atoms with Crippen LogP contribution in [0.4, 0.5) is 0 Å². The number of carbonyl (C=O) groups excluding carboxylic acids is 1. The monoisotopic (exact) mass is 618 g/mol. The number of phenolic OH excluding ortho intramolecular Hbond substituents is 1. The highest BCUT2D eigenvalue weighted by Crippen LogP contribution is 2.75. The van der Waals surface area contributed by atoms with Gasteiger partial charge < -0.3 is 20.1 Å². The third-order valence-electron chi connectivity index (χ3n) is 14.9. The molecule has 4 saturated carbocycles. The zero-order chi connectivity index (χ0) is 32.7. The summed E-state index contributed by atoms with van der Waals surface area (Å²) in [4.78, 5) is 26.0. The largest absolute Gasteiger partial charge is 0.508 e. The van der Waals surface area contributed by atoms with Crippen molar-refractivity contribution in [3.63, 3.8) is 0 Å². The van der Waals surface area contributed by atoms with Gasteiger partial charge in [0.2, 0.25) is 0 Å². The number of aromatic hydroxyl groups is 1. The Bertz CT molecular complexity index is 1410. The molecule has 0 aliphatic heterocycles. The Hall–Kier alpha value is -2.60. The highest BCUT2D eigenvalue weighted by atomic mass is 16.6. The highest BCUT2D eigenvalue weighted by Gasteiger charge is 2.70. The van der Waals surface area contributed by atoms with Gasteiger partial charge in [-0.05, 0) is 121 Å². The Morgan fingerprint density at radius 2 is 1.62 bits per heavy atom. The summed E-state index contributed by atoms with van der Waals surface area (Å²) in [6.07, 6.45) is 11.1. The molecule has 0 saturated heterocycles. The molecule has 3 N–H and O–H groups in total. The van der Waals surface area contributed by atoms with Gasteiger partial charge in [0.25, 0.3) is 0 Å². The summed E-state index contributed by atoms with van der Waals surface area (Å²) in [5.41, 5.74) is 0.857. The van der Waals surface area contributed by atoms with Crippen molar-refractivity contribution >= 4 is 18.0 Å². The van der Waals surface area contributed by atoms with E-state index in [0.29, 0.717) is 24.2 Å². The van der Waals surface area contributed by atoms with E-state index in [1.807, 2.05) is 0 Å². The summed E-state index contributed by atoms with van der Waals surface area (Å²) in [6.45, 7) is 16.2. The molecular weight excluding hydrogens is 564 g/mol. The lowest BCUT2D eigenvalue weighted by atomic mass is 9.33. The first-order chi connectivity index (χ1) is 21.0. The van der Waals surface area contributed by atoms with Gasteiger partial charge in [-0.25, -0.2) is 4.79 Å². The summed E-state index contributed by atoms with van der Waals surface area (Å²) < 4.78 is 6.05. The van der Waals surface area contributed by atoms with Crippen LogP contribution < -0.4 is 0 Å². The normalized spacial score (nSPS) is 45.3. The average Bonchev–Trinajstić information content (AvgIpc) is 2.97. The fourth-order valence-corrected chi connectivity index (χ4v) is 12.1. The van der Waals surface area contributed by atoms with Crippen molar-refractivity contribution in [2.75, 3.05) is 0 Å². The number of aliphatic hydroxyl groups excluding tert-OH is 1. The van der Waals surface area contributed by atoms with Crippen molar-refractivity contribution in [1.82, 2.24) is 0 Å². The number of esters is 1. The molecule has 6 rings (SSSR count). The second-order valence-corrected chi connectivity index (χ2v) is 17.0. The Morgan fingerprint density at radius 3 is 2.29 bits per heavy atom. The fraction of sp³-hybridized carbons (Fsp3) is 0.692. The van der Waals surface area contributed by atoms with Crippen LogP contribution in [0.15, 0.2) is 42.0 Å². The second-order valence-electron chi connectivity index (χ2n) is 17.0. The zero-order valence-corrected chi connectivity index (χ0v) is 28.3. The Balaban J connectivity index is 1.29. The van der Waals surface area contributed by atoms with Crippen LogP contribution in [-0.2, 0) is 14.3 Å². The lowest BCUT2D eigenvalue weighted by Crippen LogP contribution is -2.67. The summed E-state index contributed by atoms with van der Waals surface area (Å²) in [6, 6.07) is 6.62. The van der Waals surface area contributed by atoms with Gasteiger partial charge in [0.1, 0.15) is 11.9 Å². The Kier molecular flexibility index (Phi) is 7.70. The summed E-state index contributed by atoms with van der Waals surface area (Å²) in [5, 5.41) is 32.0. The zero-order valence-electron chi connectivity index (χ0n) is 28.3. The van der Waals surface area contributed by atoms with E-state index < -0.39 is 35.0 Å². The Morgan fingerprint density at radius 1 is 0.933 bits per heavy atom. The lowest BCUT2D eigenvalue weighted by molar-refractivity contribution is -0.238. The number of aliphatic hydroxyl groups is 1. The molecule has 6 heteroatoms. The SMILES string of the molecule is CC1CCC2(C(=O)O)CCC3(C)C(=CCC4C5(C)CC(O)C(OC(=O)/C=C/c6ccc(O)cc6)C(C)(C)C5CCC43C)C2C1C. The number of benzene rings is 1. The average molecular weight is 619 g/mol. The first-order valence-electron chi connectivity index (χ1n) is 17.3. The molecule has 246 valence electrons. The van der Waals surface area contributed by atoms with E-state index in [4.69, 9.17) is 4.74 Å². The van der Waals surface area contributed by atoms with Gasteiger partial charge in [-0.2, -0.15) is 0 Å². The molecule has 0 radical (unpaired) electrons. The topological polar surface area (TPSA) is 104 Å². The second kappa shape index (κ2) is 10.7. The minimum atomic E-state index is -0.780. The number of ether oxygens (including phenoxy) is 1. The predicted molar refractivity (Wildman–Crippen MR) is 175 cm³/mol. The summed E-state index contributed by atoms with van der Waals surface area (Å²) in [7, 11) is 0. The first kappa shape index (κ1) is 32.3. The standard InChI is InChI=1S/C39H54O6/c1-23-16-19-39(34(43)44)21-20-37(6)27(32(39)24(23)2)13-14-30-36(5)22-28(41)33(35(3,4)29(36)17-18-38(30,37)7)45-31(42)15-10-25-8-11-26(40)12-9-25/h8-13,15,23-24,28-30,32-33,40-41H,14,16-22H2,1-7H3,(H,43,44)/b15-10+. The number of carboxylic acid groups (broad SMARTS) is 1. The molecule has 0 spiro atoms. The van der Waals surface area contributed by atoms with Gasteiger partial charge in [0, 0.05) is 11.5 Å². The predicted octanol–water partition coefficient (Wildman–Crippen LogP) is 8.03. The van der Waals surface area contributed by atoms with Crippen LogP contribution >= 0.6 is 0 Å². The van der Waals surface area contributed by atoms with Crippen molar-refractivity contribution in [1.29, 1.82) is 0 Å². The summed E-state index contributed by atoms with van der Waals surface area (Å²) >= 11 is 0. The van der Waals surface area contributed by atoms with Crippen molar-refractivity contribution < 1.29 is 29.6 Å². The molecule has 1 aromatic carbocycles. The van der Waals surface area contributed by atoms with E-state index >= 15 is 0 Å². The number of hydrogen-bond acceptors (Lipinski definition) is 5. The molecule has 11 atom stereocenters. The van der Waals surface area contributed by atoms with E-state index in [-0.39, 0.29) is 33.8 Å². The third kappa shape index (κ3) is 4.58. The minimum Gasteiger partial charge on any atom is -0.508 e. The van der Waals surface area contributed by atoms with E-state index in [0.717, 1.165) is 50.5 Å². The van der Waals surface area contributed by atoms with E-state index in [9.17, 15) is 24.9 Å². The van der Waals surface area contributed by atoms with Gasteiger partial charge in [-0.15, -0.1) is 0 Å². The van der Waals surface area contributed by atoms with Crippen LogP contribution in [0.3, 0.4) is 0 Å². The smallest absolute Gasteiger partial charge is 0.331 e. The van der Waals surface area contributed by atoms with Crippen molar-refractivity contribution in [2.24, 2.45) is 56.7 Å². The van der Waals surface area contributed by atoms with Gasteiger partial charge in [-0.3, -0.25) is 4.79 Å². The molecule has 0 amide bonds. The van der Waals surface area contributed by atoms with E-state index in [1.54, 1.807) is 30.3 Å². The maximum atomic E-state index is 13.0. The van der Waals surface area contributed by atoms with Crippen LogP contribution in [0.25, 0.3) is 6.08 Å². The van der Waals surface area contributed by atoms with Gasteiger partial charge in [0.15, 0.2) is 0 Å². The molecule has 0 aromatic heterocycles. The van der Waals surface area contributed by atoms with Crippen molar-refractivity contribution in [3.8, 4) is 5.75 Å². The first-order valence-corrected chi connectivity index (χ1v) is 17.3. The molecule has 0 bridgehead atoms. The molecule has 5 aliphatic carbocycles. The number of carbonyl (C=O) groups is 2. The number of phenols is 1. The van der Waals surface area contributed by atoms with Crippen LogP contribution in [0.5, 0.6) is 5.75 Å². The van der Waals surface area contributed by atoms with Crippen LogP contribution in [0.1, 0.15) is 105 Å². The molecule has 45 heavy (non-hydrogen) atoms. The molecule has 0 heterocycles. The number of aliphatic carboxylic acids is 1. The van der Waals surface area contributed by atoms with E-state index in [1.165, 1.54) is 11.6 Å². The number of rotatable bonds is 4. The lowest BCUT2D eigenvalue weighted by Gasteiger charge is -2.71. The maximum absolute atomic E-state index is 13.0. The van der Waals surface area contributed by atoms with E-state index in [2.05, 4.69) is 54.5 Å². The molecular formula is C39H54O6. The van der Waals surface area contributed by atoms with Crippen LogP contribution in [-0.4, -0.2) is 39.5 Å². The van der Waals surface area contributed by atoms with Crippen LogP contribution in [0.2, 0.25) is 0 Å². The molecule has 4 fully saturated rings.